The average Bonchev–Trinajstić information content (AvgIpc) is 2.44. The van der Waals surface area contributed by atoms with Crippen molar-refractivity contribution in [3.05, 3.63) is 62.3 Å². The molecular formula is C16H17BrCl2N2. The Bertz CT molecular complexity index is 567. The van der Waals surface area contributed by atoms with E-state index in [2.05, 4.69) is 33.2 Å². The molecule has 0 amide bonds. The molecule has 1 aromatic carbocycles. The van der Waals surface area contributed by atoms with Crippen LogP contribution in [0.5, 0.6) is 0 Å². The lowest BCUT2D eigenvalue weighted by atomic mass is 10.0. The van der Waals surface area contributed by atoms with Crippen LogP contribution < -0.4 is 5.32 Å². The molecule has 0 radical (unpaired) electrons. The number of benzene rings is 1. The minimum atomic E-state index is 0.148. The molecule has 0 bridgehead atoms. The zero-order valence-electron chi connectivity index (χ0n) is 11.7. The monoisotopic (exact) mass is 386 g/mol. The highest BCUT2D eigenvalue weighted by molar-refractivity contribution is 9.10. The largest absolute Gasteiger partial charge is 0.310 e. The van der Waals surface area contributed by atoms with Gasteiger partial charge in [0.15, 0.2) is 0 Å². The molecule has 1 unspecified atom stereocenters. The number of nitrogens with one attached hydrogen (secondary N) is 1. The molecule has 0 spiro atoms. The summed E-state index contributed by atoms with van der Waals surface area (Å²) in [5.74, 6) is 0. The Morgan fingerprint density at radius 1 is 1.19 bits per heavy atom. The fraction of sp³-hybridized carbons (Fsp3) is 0.312. The van der Waals surface area contributed by atoms with E-state index >= 15 is 0 Å². The highest BCUT2D eigenvalue weighted by atomic mass is 79.9. The van der Waals surface area contributed by atoms with Gasteiger partial charge in [-0.05, 0) is 64.8 Å². The molecule has 2 nitrogen and oxygen atoms in total. The van der Waals surface area contributed by atoms with Crippen molar-refractivity contribution in [3.8, 4) is 0 Å². The fourth-order valence-corrected chi connectivity index (χ4v) is 2.92. The van der Waals surface area contributed by atoms with Gasteiger partial charge in [-0.25, -0.2) is 0 Å². The van der Waals surface area contributed by atoms with Gasteiger partial charge in [-0.2, -0.15) is 0 Å². The van der Waals surface area contributed by atoms with Gasteiger partial charge in [0, 0.05) is 38.9 Å². The molecule has 0 fully saturated rings. The molecule has 112 valence electrons. The summed E-state index contributed by atoms with van der Waals surface area (Å²) in [7, 11) is 0. The van der Waals surface area contributed by atoms with Gasteiger partial charge in [0.1, 0.15) is 0 Å². The highest BCUT2D eigenvalue weighted by Gasteiger charge is 2.14. The Labute approximate surface area is 144 Å². The van der Waals surface area contributed by atoms with Gasteiger partial charge >= 0.3 is 0 Å². The number of aromatic nitrogens is 1. The minimum absolute atomic E-state index is 0.148. The zero-order chi connectivity index (χ0) is 15.2. The average molecular weight is 388 g/mol. The van der Waals surface area contributed by atoms with Crippen LogP contribution in [-0.2, 0) is 6.42 Å². The summed E-state index contributed by atoms with van der Waals surface area (Å²) in [4.78, 5) is 4.44. The van der Waals surface area contributed by atoms with Crippen LogP contribution in [-0.4, -0.2) is 11.5 Å². The Hall–Kier alpha value is -0.610. The lowest BCUT2D eigenvalue weighted by Crippen LogP contribution is -2.24. The summed E-state index contributed by atoms with van der Waals surface area (Å²) >= 11 is 15.6. The van der Waals surface area contributed by atoms with Crippen LogP contribution >= 0.6 is 39.1 Å². The van der Waals surface area contributed by atoms with Crippen molar-refractivity contribution in [2.45, 2.75) is 25.8 Å². The maximum Gasteiger partial charge on any atom is 0.0424 e. The van der Waals surface area contributed by atoms with Crippen molar-refractivity contribution < 1.29 is 0 Å². The van der Waals surface area contributed by atoms with E-state index in [1.54, 1.807) is 6.07 Å². The molecule has 0 aliphatic rings. The van der Waals surface area contributed by atoms with Crippen molar-refractivity contribution >= 4 is 39.1 Å². The van der Waals surface area contributed by atoms with E-state index in [1.807, 2.05) is 30.5 Å². The maximum atomic E-state index is 6.12. The summed E-state index contributed by atoms with van der Waals surface area (Å²) in [5, 5.41) is 4.85. The fourth-order valence-electron chi connectivity index (χ4n) is 2.14. The van der Waals surface area contributed by atoms with Crippen molar-refractivity contribution in [2.75, 3.05) is 6.54 Å². The molecule has 1 heterocycles. The molecule has 1 aromatic heterocycles. The third kappa shape index (κ3) is 5.26. The second-order valence-corrected chi connectivity index (χ2v) is 6.67. The first kappa shape index (κ1) is 16.8. The van der Waals surface area contributed by atoms with E-state index in [0.29, 0.717) is 10.0 Å². The first-order valence-electron chi connectivity index (χ1n) is 6.88. The molecule has 5 heteroatoms. The van der Waals surface area contributed by atoms with Gasteiger partial charge in [0.25, 0.3) is 0 Å². The van der Waals surface area contributed by atoms with Gasteiger partial charge in [0.2, 0.25) is 0 Å². The van der Waals surface area contributed by atoms with Gasteiger partial charge in [-0.15, -0.1) is 0 Å². The number of hydrogen-bond acceptors (Lipinski definition) is 2. The third-order valence-corrected chi connectivity index (χ3v) is 4.04. The van der Waals surface area contributed by atoms with Crippen molar-refractivity contribution in [1.82, 2.24) is 10.3 Å². The van der Waals surface area contributed by atoms with Crippen LogP contribution in [0, 0.1) is 0 Å². The van der Waals surface area contributed by atoms with Crippen LogP contribution in [0.3, 0.4) is 0 Å². The predicted molar refractivity (Wildman–Crippen MR) is 93.1 cm³/mol. The lowest BCUT2D eigenvalue weighted by molar-refractivity contribution is 0.524. The van der Waals surface area contributed by atoms with Crippen LogP contribution in [0.1, 0.15) is 30.6 Å². The number of pyridine rings is 1. The van der Waals surface area contributed by atoms with Crippen LogP contribution in [0.25, 0.3) is 0 Å². The Kier molecular flexibility index (Phi) is 6.49. The summed E-state index contributed by atoms with van der Waals surface area (Å²) in [5.41, 5.74) is 2.12. The van der Waals surface area contributed by atoms with Gasteiger partial charge in [-0.1, -0.05) is 30.1 Å². The number of hydrogen-bond donors (Lipinski definition) is 1. The molecule has 1 atom stereocenters. The number of rotatable bonds is 6. The first-order chi connectivity index (χ1) is 10.1. The summed E-state index contributed by atoms with van der Waals surface area (Å²) in [6, 6.07) is 9.84. The molecule has 0 saturated carbocycles. The second-order valence-electron chi connectivity index (χ2n) is 4.88. The summed E-state index contributed by atoms with van der Waals surface area (Å²) in [6.45, 7) is 3.08. The number of nitrogens with zero attached hydrogens (tertiary/aromatic N) is 1. The highest BCUT2D eigenvalue weighted by Crippen LogP contribution is 2.25. The SMILES string of the molecule is CCCNC(Cc1ccc(Br)cn1)c1cc(Cl)cc(Cl)c1. The second kappa shape index (κ2) is 8.14. The summed E-state index contributed by atoms with van der Waals surface area (Å²) in [6.07, 6.45) is 3.68. The maximum absolute atomic E-state index is 6.12. The molecule has 0 saturated heterocycles. The third-order valence-electron chi connectivity index (χ3n) is 3.13. The first-order valence-corrected chi connectivity index (χ1v) is 8.43. The molecule has 1 N–H and O–H groups in total. The van der Waals surface area contributed by atoms with Crippen LogP contribution in [0.15, 0.2) is 41.0 Å². The molecule has 2 aromatic rings. The van der Waals surface area contributed by atoms with E-state index in [0.717, 1.165) is 35.1 Å². The van der Waals surface area contributed by atoms with E-state index < -0.39 is 0 Å². The molecule has 2 rings (SSSR count). The normalized spacial score (nSPS) is 12.4. The lowest BCUT2D eigenvalue weighted by Gasteiger charge is -2.19. The molecule has 0 aliphatic carbocycles. The summed E-state index contributed by atoms with van der Waals surface area (Å²) < 4.78 is 0.982. The minimum Gasteiger partial charge on any atom is -0.310 e. The van der Waals surface area contributed by atoms with Crippen LogP contribution in [0.2, 0.25) is 10.0 Å². The van der Waals surface area contributed by atoms with E-state index in [9.17, 15) is 0 Å². The Balaban J connectivity index is 2.22. The Morgan fingerprint density at radius 2 is 1.90 bits per heavy atom. The van der Waals surface area contributed by atoms with Gasteiger partial charge in [0.05, 0.1) is 0 Å². The number of halogens is 3. The van der Waals surface area contributed by atoms with E-state index in [4.69, 9.17) is 23.2 Å². The predicted octanol–water partition coefficient (Wildman–Crippen LogP) is 5.43. The quantitative estimate of drug-likeness (QED) is 0.714. The standard InChI is InChI=1S/C16H17BrCl2N2/c1-2-5-20-16(9-15-4-3-12(17)10-21-15)11-6-13(18)8-14(19)7-11/h3-4,6-8,10,16,20H,2,5,9H2,1H3. The van der Waals surface area contributed by atoms with Crippen molar-refractivity contribution in [3.63, 3.8) is 0 Å². The van der Waals surface area contributed by atoms with Gasteiger partial charge < -0.3 is 5.32 Å². The van der Waals surface area contributed by atoms with Crippen LogP contribution in [0.4, 0.5) is 0 Å². The van der Waals surface area contributed by atoms with Crippen molar-refractivity contribution in [2.24, 2.45) is 0 Å². The van der Waals surface area contributed by atoms with Crippen molar-refractivity contribution in [1.29, 1.82) is 0 Å². The zero-order valence-corrected chi connectivity index (χ0v) is 14.8. The Morgan fingerprint density at radius 3 is 2.48 bits per heavy atom. The van der Waals surface area contributed by atoms with E-state index in [-0.39, 0.29) is 6.04 Å². The van der Waals surface area contributed by atoms with E-state index in [1.165, 1.54) is 0 Å². The molecular weight excluding hydrogens is 371 g/mol. The molecule has 21 heavy (non-hydrogen) atoms. The van der Waals surface area contributed by atoms with Gasteiger partial charge in [-0.3, -0.25) is 4.98 Å². The molecule has 0 aliphatic heterocycles. The smallest absolute Gasteiger partial charge is 0.0424 e. The topological polar surface area (TPSA) is 24.9 Å².